The third-order valence-corrected chi connectivity index (χ3v) is 3.17. The minimum atomic E-state index is -0.340. The molecule has 2 aromatic rings. The van der Waals surface area contributed by atoms with Crippen molar-refractivity contribution in [3.63, 3.8) is 0 Å². The van der Waals surface area contributed by atoms with Crippen LogP contribution in [0.15, 0.2) is 48.5 Å². The van der Waals surface area contributed by atoms with E-state index in [9.17, 15) is 4.39 Å². The van der Waals surface area contributed by atoms with Gasteiger partial charge < -0.3 is 5.73 Å². The lowest BCUT2D eigenvalue weighted by Gasteiger charge is -2.20. The fourth-order valence-electron chi connectivity index (χ4n) is 2.05. The van der Waals surface area contributed by atoms with E-state index in [1.165, 1.54) is 11.6 Å². The Balaban J connectivity index is 2.04. The van der Waals surface area contributed by atoms with E-state index in [-0.39, 0.29) is 11.5 Å². The number of rotatable bonds is 5. The highest BCUT2D eigenvalue weighted by Crippen LogP contribution is 2.15. The molecule has 2 N–H and O–H groups in total. The SMILES string of the molecule is CCN(Cc1ccccc1)Cc1ccc(N)c(F)c1. The Hall–Kier alpha value is -1.87. The molecule has 3 heteroatoms. The van der Waals surface area contributed by atoms with Crippen LogP contribution in [0.1, 0.15) is 18.1 Å². The van der Waals surface area contributed by atoms with E-state index in [1.54, 1.807) is 6.07 Å². The third-order valence-electron chi connectivity index (χ3n) is 3.17. The second kappa shape index (κ2) is 6.34. The van der Waals surface area contributed by atoms with Gasteiger partial charge in [0.25, 0.3) is 0 Å². The number of nitrogens with two attached hydrogens (primary N) is 1. The minimum absolute atomic E-state index is 0.204. The summed E-state index contributed by atoms with van der Waals surface area (Å²) in [5.74, 6) is -0.340. The van der Waals surface area contributed by atoms with Crippen molar-refractivity contribution in [2.45, 2.75) is 20.0 Å². The Bertz CT molecular complexity index is 526. The zero-order valence-corrected chi connectivity index (χ0v) is 11.1. The highest BCUT2D eigenvalue weighted by molar-refractivity contribution is 5.41. The monoisotopic (exact) mass is 258 g/mol. The predicted molar refractivity (Wildman–Crippen MR) is 77.0 cm³/mol. The van der Waals surface area contributed by atoms with Crippen LogP contribution in [-0.4, -0.2) is 11.4 Å². The van der Waals surface area contributed by atoms with Gasteiger partial charge in [0.05, 0.1) is 5.69 Å². The van der Waals surface area contributed by atoms with Gasteiger partial charge in [-0.15, -0.1) is 0 Å². The molecular weight excluding hydrogens is 239 g/mol. The van der Waals surface area contributed by atoms with Crippen molar-refractivity contribution in [2.24, 2.45) is 0 Å². The summed E-state index contributed by atoms with van der Waals surface area (Å²) in [6.45, 7) is 4.61. The number of hydrogen-bond donors (Lipinski definition) is 1. The summed E-state index contributed by atoms with van der Waals surface area (Å²) in [6.07, 6.45) is 0. The van der Waals surface area contributed by atoms with Gasteiger partial charge in [-0.2, -0.15) is 0 Å². The second-order valence-corrected chi connectivity index (χ2v) is 4.64. The highest BCUT2D eigenvalue weighted by Gasteiger charge is 2.06. The van der Waals surface area contributed by atoms with Crippen molar-refractivity contribution in [3.8, 4) is 0 Å². The lowest BCUT2D eigenvalue weighted by atomic mass is 10.1. The smallest absolute Gasteiger partial charge is 0.146 e. The van der Waals surface area contributed by atoms with E-state index in [4.69, 9.17) is 5.73 Å². The molecule has 0 aliphatic heterocycles. The van der Waals surface area contributed by atoms with Gasteiger partial charge in [0, 0.05) is 13.1 Å². The van der Waals surface area contributed by atoms with Gasteiger partial charge in [0.2, 0.25) is 0 Å². The standard InChI is InChI=1S/C16H19FN2/c1-2-19(11-13-6-4-3-5-7-13)12-14-8-9-16(18)15(17)10-14/h3-10H,2,11-12,18H2,1H3. The van der Waals surface area contributed by atoms with Crippen molar-refractivity contribution < 1.29 is 4.39 Å². The molecule has 0 heterocycles. The summed E-state index contributed by atoms with van der Waals surface area (Å²) < 4.78 is 13.4. The maximum Gasteiger partial charge on any atom is 0.146 e. The Kier molecular flexibility index (Phi) is 4.53. The molecule has 0 aliphatic carbocycles. The number of nitrogen functional groups attached to an aromatic ring is 1. The lowest BCUT2D eigenvalue weighted by molar-refractivity contribution is 0.271. The molecule has 0 atom stereocenters. The van der Waals surface area contributed by atoms with Gasteiger partial charge in [0.1, 0.15) is 5.82 Å². The van der Waals surface area contributed by atoms with Crippen LogP contribution in [0, 0.1) is 5.82 Å². The van der Waals surface area contributed by atoms with Crippen molar-refractivity contribution in [3.05, 3.63) is 65.5 Å². The summed E-state index contributed by atoms with van der Waals surface area (Å²) in [4.78, 5) is 2.26. The Morgan fingerprint density at radius 2 is 1.68 bits per heavy atom. The number of anilines is 1. The molecule has 0 spiro atoms. The summed E-state index contributed by atoms with van der Waals surface area (Å²) in [5.41, 5.74) is 7.90. The molecule has 0 radical (unpaired) electrons. The maximum atomic E-state index is 13.4. The minimum Gasteiger partial charge on any atom is -0.396 e. The van der Waals surface area contributed by atoms with Crippen molar-refractivity contribution in [2.75, 3.05) is 12.3 Å². The topological polar surface area (TPSA) is 29.3 Å². The zero-order chi connectivity index (χ0) is 13.7. The molecule has 0 saturated carbocycles. The number of halogens is 1. The Morgan fingerprint density at radius 1 is 1.00 bits per heavy atom. The molecule has 0 aromatic heterocycles. The largest absolute Gasteiger partial charge is 0.396 e. The molecule has 2 nitrogen and oxygen atoms in total. The zero-order valence-electron chi connectivity index (χ0n) is 11.1. The van der Waals surface area contributed by atoms with Crippen LogP contribution in [0.25, 0.3) is 0 Å². The first kappa shape index (κ1) is 13.6. The van der Waals surface area contributed by atoms with Crippen LogP contribution in [0.4, 0.5) is 10.1 Å². The van der Waals surface area contributed by atoms with E-state index >= 15 is 0 Å². The van der Waals surface area contributed by atoms with Crippen LogP contribution in [0.2, 0.25) is 0 Å². The van der Waals surface area contributed by atoms with E-state index in [0.29, 0.717) is 0 Å². The van der Waals surface area contributed by atoms with Crippen molar-refractivity contribution in [1.82, 2.24) is 4.90 Å². The van der Waals surface area contributed by atoms with Crippen LogP contribution in [0.5, 0.6) is 0 Å². The third kappa shape index (κ3) is 3.80. The number of benzene rings is 2. The quantitative estimate of drug-likeness (QED) is 0.832. The van der Waals surface area contributed by atoms with Crippen LogP contribution in [0.3, 0.4) is 0 Å². The molecule has 2 aromatic carbocycles. The molecule has 2 rings (SSSR count). The van der Waals surface area contributed by atoms with E-state index in [0.717, 1.165) is 25.2 Å². The fraction of sp³-hybridized carbons (Fsp3) is 0.250. The Labute approximate surface area is 113 Å². The number of nitrogens with zero attached hydrogens (tertiary/aromatic N) is 1. The van der Waals surface area contributed by atoms with Gasteiger partial charge in [-0.3, -0.25) is 4.90 Å². The molecule has 0 amide bonds. The first-order chi connectivity index (χ1) is 9.19. The average Bonchev–Trinajstić information content (AvgIpc) is 2.43. The molecule has 0 saturated heterocycles. The van der Waals surface area contributed by atoms with E-state index in [2.05, 4.69) is 24.0 Å². The second-order valence-electron chi connectivity index (χ2n) is 4.64. The van der Waals surface area contributed by atoms with Crippen LogP contribution in [-0.2, 0) is 13.1 Å². The van der Waals surface area contributed by atoms with Gasteiger partial charge in [-0.05, 0) is 29.8 Å². The molecule has 19 heavy (non-hydrogen) atoms. The molecule has 100 valence electrons. The van der Waals surface area contributed by atoms with E-state index in [1.807, 2.05) is 24.3 Å². The summed E-state index contributed by atoms with van der Waals surface area (Å²) in [7, 11) is 0. The lowest BCUT2D eigenvalue weighted by Crippen LogP contribution is -2.22. The molecule has 0 unspecified atom stereocenters. The Morgan fingerprint density at radius 3 is 2.32 bits per heavy atom. The molecular formula is C16H19FN2. The fourth-order valence-corrected chi connectivity index (χ4v) is 2.05. The normalized spacial score (nSPS) is 10.9. The molecule has 0 fully saturated rings. The van der Waals surface area contributed by atoms with E-state index < -0.39 is 0 Å². The van der Waals surface area contributed by atoms with Crippen LogP contribution >= 0.6 is 0 Å². The van der Waals surface area contributed by atoms with Gasteiger partial charge in [-0.25, -0.2) is 4.39 Å². The molecule has 0 bridgehead atoms. The van der Waals surface area contributed by atoms with Gasteiger partial charge in [-0.1, -0.05) is 43.3 Å². The molecule has 0 aliphatic rings. The average molecular weight is 258 g/mol. The van der Waals surface area contributed by atoms with Gasteiger partial charge >= 0.3 is 0 Å². The van der Waals surface area contributed by atoms with Crippen molar-refractivity contribution >= 4 is 5.69 Å². The first-order valence-electron chi connectivity index (χ1n) is 6.49. The van der Waals surface area contributed by atoms with Crippen LogP contribution < -0.4 is 5.73 Å². The van der Waals surface area contributed by atoms with Crippen molar-refractivity contribution in [1.29, 1.82) is 0 Å². The first-order valence-corrected chi connectivity index (χ1v) is 6.49. The highest BCUT2D eigenvalue weighted by atomic mass is 19.1. The number of hydrogen-bond acceptors (Lipinski definition) is 2. The van der Waals surface area contributed by atoms with Gasteiger partial charge in [0.15, 0.2) is 0 Å². The summed E-state index contributed by atoms with van der Waals surface area (Å²) in [5, 5.41) is 0. The predicted octanol–water partition coefficient (Wildman–Crippen LogP) is 3.43. The summed E-state index contributed by atoms with van der Waals surface area (Å²) >= 11 is 0. The maximum absolute atomic E-state index is 13.4. The summed E-state index contributed by atoms with van der Waals surface area (Å²) in [6, 6.07) is 15.3.